The molecule has 0 saturated heterocycles. The van der Waals surface area contributed by atoms with Gasteiger partial charge in [0.05, 0.1) is 0 Å². The largest absolute Gasteiger partial charge is 0.457 e. The molecule has 1 heterocycles. The van der Waals surface area contributed by atoms with Gasteiger partial charge in [0, 0.05) is 18.8 Å². The van der Waals surface area contributed by atoms with Gasteiger partial charge in [-0.1, -0.05) is 42.5 Å². The predicted octanol–water partition coefficient (Wildman–Crippen LogP) is 4.00. The van der Waals surface area contributed by atoms with Gasteiger partial charge in [-0.15, -0.1) is 0 Å². The third kappa shape index (κ3) is 4.04. The zero-order valence-electron chi connectivity index (χ0n) is 15.3. The smallest absolute Gasteiger partial charge is 0.313 e. The highest BCUT2D eigenvalue weighted by Crippen LogP contribution is 2.23. The zero-order chi connectivity index (χ0) is 19.3. The van der Waals surface area contributed by atoms with E-state index in [1.54, 1.807) is 29.2 Å². The molecule has 5 nitrogen and oxygen atoms in total. The van der Waals surface area contributed by atoms with Gasteiger partial charge in [-0.2, -0.15) is 0 Å². The summed E-state index contributed by atoms with van der Waals surface area (Å²) in [5.74, 6) is 0.248. The molecule has 28 heavy (non-hydrogen) atoms. The minimum Gasteiger partial charge on any atom is -0.457 e. The molecule has 0 saturated carbocycles. The third-order valence-corrected chi connectivity index (χ3v) is 4.70. The SMILES string of the molecule is O=C(Nc1ccc(Oc2ccccc2)cc1)C(=O)N1CCc2ccccc2C1. The molecule has 0 radical (unpaired) electrons. The molecule has 0 spiro atoms. The first kappa shape index (κ1) is 17.8. The molecule has 1 aliphatic rings. The van der Waals surface area contributed by atoms with Crippen LogP contribution < -0.4 is 10.1 Å². The lowest BCUT2D eigenvalue weighted by molar-refractivity contribution is -0.143. The van der Waals surface area contributed by atoms with E-state index in [0.717, 1.165) is 17.7 Å². The molecule has 0 aliphatic carbocycles. The summed E-state index contributed by atoms with van der Waals surface area (Å²) >= 11 is 0. The van der Waals surface area contributed by atoms with Crippen LogP contribution in [0.1, 0.15) is 11.1 Å². The maximum absolute atomic E-state index is 12.5. The molecule has 0 atom stereocenters. The molecule has 4 rings (SSSR count). The Labute approximate surface area is 163 Å². The molecular weight excluding hydrogens is 352 g/mol. The van der Waals surface area contributed by atoms with Crippen LogP contribution in [0.4, 0.5) is 5.69 Å². The molecular formula is C23H20N2O3. The molecule has 1 N–H and O–H groups in total. The molecule has 0 fully saturated rings. The number of carbonyl (C=O) groups excluding carboxylic acids is 2. The van der Waals surface area contributed by atoms with Crippen molar-refractivity contribution in [2.45, 2.75) is 13.0 Å². The summed E-state index contributed by atoms with van der Waals surface area (Å²) in [4.78, 5) is 26.5. The molecule has 3 aromatic carbocycles. The highest BCUT2D eigenvalue weighted by atomic mass is 16.5. The fourth-order valence-corrected chi connectivity index (χ4v) is 3.23. The van der Waals surface area contributed by atoms with Gasteiger partial charge >= 0.3 is 11.8 Å². The number of para-hydroxylation sites is 1. The van der Waals surface area contributed by atoms with Gasteiger partial charge in [0.1, 0.15) is 11.5 Å². The Morgan fingerprint density at radius 2 is 1.43 bits per heavy atom. The van der Waals surface area contributed by atoms with Crippen molar-refractivity contribution < 1.29 is 14.3 Å². The summed E-state index contributed by atoms with van der Waals surface area (Å²) in [6.07, 6.45) is 0.765. The number of fused-ring (bicyclic) bond motifs is 1. The van der Waals surface area contributed by atoms with Gasteiger partial charge in [-0.05, 0) is 53.9 Å². The summed E-state index contributed by atoms with van der Waals surface area (Å²) in [6, 6.07) is 24.4. The number of anilines is 1. The number of amides is 2. The lowest BCUT2D eigenvalue weighted by atomic mass is 10.00. The van der Waals surface area contributed by atoms with Gasteiger partial charge in [-0.3, -0.25) is 9.59 Å². The maximum Gasteiger partial charge on any atom is 0.313 e. The minimum absolute atomic E-state index is 0.465. The van der Waals surface area contributed by atoms with E-state index in [4.69, 9.17) is 4.74 Å². The first-order chi connectivity index (χ1) is 13.7. The number of hydrogen-bond acceptors (Lipinski definition) is 3. The average molecular weight is 372 g/mol. The molecule has 2 amide bonds. The normalized spacial score (nSPS) is 12.8. The van der Waals surface area contributed by atoms with Crippen molar-refractivity contribution in [2.24, 2.45) is 0 Å². The second-order valence-corrected chi connectivity index (χ2v) is 6.64. The molecule has 1 aliphatic heterocycles. The second kappa shape index (κ2) is 7.96. The number of nitrogens with one attached hydrogen (secondary N) is 1. The van der Waals surface area contributed by atoms with Crippen LogP contribution >= 0.6 is 0 Å². The lowest BCUT2D eigenvalue weighted by Crippen LogP contribution is -2.42. The van der Waals surface area contributed by atoms with Crippen LogP contribution in [0.2, 0.25) is 0 Å². The zero-order valence-corrected chi connectivity index (χ0v) is 15.3. The first-order valence-corrected chi connectivity index (χ1v) is 9.19. The van der Waals surface area contributed by atoms with Crippen molar-refractivity contribution in [3.05, 3.63) is 90.0 Å². The Balaban J connectivity index is 1.36. The molecule has 3 aromatic rings. The first-order valence-electron chi connectivity index (χ1n) is 9.19. The van der Waals surface area contributed by atoms with E-state index in [0.29, 0.717) is 24.5 Å². The Morgan fingerprint density at radius 1 is 0.786 bits per heavy atom. The summed E-state index contributed by atoms with van der Waals surface area (Å²) in [5, 5.41) is 2.67. The summed E-state index contributed by atoms with van der Waals surface area (Å²) < 4.78 is 5.73. The van der Waals surface area contributed by atoms with E-state index in [1.807, 2.05) is 48.5 Å². The van der Waals surface area contributed by atoms with E-state index in [1.165, 1.54) is 5.56 Å². The summed E-state index contributed by atoms with van der Waals surface area (Å²) in [7, 11) is 0. The number of benzene rings is 3. The lowest BCUT2D eigenvalue weighted by Gasteiger charge is -2.28. The van der Waals surface area contributed by atoms with E-state index in [-0.39, 0.29) is 0 Å². The van der Waals surface area contributed by atoms with Gasteiger partial charge < -0.3 is 15.0 Å². The van der Waals surface area contributed by atoms with Gasteiger partial charge in [0.15, 0.2) is 0 Å². The Morgan fingerprint density at radius 3 is 2.18 bits per heavy atom. The van der Waals surface area contributed by atoms with E-state index < -0.39 is 11.8 Å². The number of nitrogens with zero attached hydrogens (tertiary/aromatic N) is 1. The number of ether oxygens (including phenoxy) is 1. The van der Waals surface area contributed by atoms with Crippen molar-refractivity contribution in [3.63, 3.8) is 0 Å². The van der Waals surface area contributed by atoms with Crippen LogP contribution in [0.5, 0.6) is 11.5 Å². The fraction of sp³-hybridized carbons (Fsp3) is 0.130. The van der Waals surface area contributed by atoms with Crippen molar-refractivity contribution in [1.29, 1.82) is 0 Å². The van der Waals surface area contributed by atoms with Crippen LogP contribution in [-0.4, -0.2) is 23.3 Å². The van der Waals surface area contributed by atoms with E-state index >= 15 is 0 Å². The quantitative estimate of drug-likeness (QED) is 0.707. The number of hydrogen-bond donors (Lipinski definition) is 1. The molecule has 0 aromatic heterocycles. The Hall–Kier alpha value is -3.60. The number of rotatable bonds is 3. The van der Waals surface area contributed by atoms with E-state index in [2.05, 4.69) is 11.4 Å². The van der Waals surface area contributed by atoms with Crippen LogP contribution in [0.25, 0.3) is 0 Å². The highest BCUT2D eigenvalue weighted by Gasteiger charge is 2.25. The predicted molar refractivity (Wildman–Crippen MR) is 107 cm³/mol. The van der Waals surface area contributed by atoms with Crippen molar-refractivity contribution >= 4 is 17.5 Å². The monoisotopic (exact) mass is 372 g/mol. The van der Waals surface area contributed by atoms with E-state index in [9.17, 15) is 9.59 Å². The van der Waals surface area contributed by atoms with Gasteiger partial charge in [0.25, 0.3) is 0 Å². The van der Waals surface area contributed by atoms with Crippen LogP contribution in [-0.2, 0) is 22.6 Å². The Kier molecular flexibility index (Phi) is 5.06. The molecule has 0 bridgehead atoms. The van der Waals surface area contributed by atoms with Gasteiger partial charge in [0.2, 0.25) is 0 Å². The second-order valence-electron chi connectivity index (χ2n) is 6.64. The molecule has 0 unspecified atom stereocenters. The standard InChI is InChI=1S/C23H20N2O3/c26-22(23(27)25-15-14-17-6-4-5-7-18(17)16-25)24-19-10-12-21(13-11-19)28-20-8-2-1-3-9-20/h1-13H,14-16H2,(H,24,26). The molecule has 5 heteroatoms. The summed E-state index contributed by atoms with van der Waals surface area (Å²) in [6.45, 7) is 1.01. The van der Waals surface area contributed by atoms with Crippen molar-refractivity contribution in [2.75, 3.05) is 11.9 Å². The average Bonchev–Trinajstić information content (AvgIpc) is 2.75. The van der Waals surface area contributed by atoms with Crippen LogP contribution in [0, 0.1) is 0 Å². The van der Waals surface area contributed by atoms with Crippen LogP contribution in [0.15, 0.2) is 78.9 Å². The van der Waals surface area contributed by atoms with Crippen molar-refractivity contribution in [1.82, 2.24) is 4.90 Å². The van der Waals surface area contributed by atoms with Gasteiger partial charge in [-0.25, -0.2) is 0 Å². The maximum atomic E-state index is 12.5. The third-order valence-electron chi connectivity index (χ3n) is 4.70. The topological polar surface area (TPSA) is 58.6 Å². The highest BCUT2D eigenvalue weighted by molar-refractivity contribution is 6.39. The molecule has 140 valence electrons. The van der Waals surface area contributed by atoms with Crippen LogP contribution in [0.3, 0.4) is 0 Å². The fourth-order valence-electron chi connectivity index (χ4n) is 3.23. The van der Waals surface area contributed by atoms with Crippen molar-refractivity contribution in [3.8, 4) is 11.5 Å². The minimum atomic E-state index is -0.629. The Bertz CT molecular complexity index is 984. The summed E-state index contributed by atoms with van der Waals surface area (Å²) in [5.41, 5.74) is 2.88. The number of carbonyl (C=O) groups is 2.